The first-order chi connectivity index (χ1) is 11.5. The van der Waals surface area contributed by atoms with Crippen LogP contribution in [0, 0.1) is 5.82 Å². The van der Waals surface area contributed by atoms with E-state index in [1.54, 1.807) is 12.1 Å². The van der Waals surface area contributed by atoms with E-state index >= 15 is 0 Å². The Morgan fingerprint density at radius 1 is 1.12 bits per heavy atom. The molecule has 124 valence electrons. The quantitative estimate of drug-likeness (QED) is 0.590. The van der Waals surface area contributed by atoms with Gasteiger partial charge < -0.3 is 5.32 Å². The van der Waals surface area contributed by atoms with Gasteiger partial charge in [-0.05, 0) is 18.2 Å². The monoisotopic (exact) mass is 415 g/mol. The van der Waals surface area contributed by atoms with Gasteiger partial charge >= 0.3 is 0 Å². The van der Waals surface area contributed by atoms with Gasteiger partial charge in [-0.15, -0.1) is 10.2 Å². The van der Waals surface area contributed by atoms with Crippen molar-refractivity contribution in [1.29, 1.82) is 0 Å². The highest BCUT2D eigenvalue weighted by Crippen LogP contribution is 2.30. The molecule has 0 atom stereocenters. The second kappa shape index (κ2) is 6.94. The van der Waals surface area contributed by atoms with Gasteiger partial charge in [0.05, 0.1) is 5.56 Å². The number of benzene rings is 2. The van der Waals surface area contributed by atoms with Crippen molar-refractivity contribution >= 4 is 44.1 Å². The van der Waals surface area contributed by atoms with Crippen molar-refractivity contribution in [3.63, 3.8) is 0 Å². The molecule has 3 rings (SSSR count). The van der Waals surface area contributed by atoms with E-state index in [2.05, 4.69) is 31.4 Å². The molecule has 0 saturated carbocycles. The van der Waals surface area contributed by atoms with Crippen molar-refractivity contribution in [3.05, 3.63) is 63.0 Å². The van der Waals surface area contributed by atoms with E-state index in [-0.39, 0.29) is 17.3 Å². The zero-order valence-corrected chi connectivity index (χ0v) is 14.4. The average molecular weight is 417 g/mol. The van der Waals surface area contributed by atoms with E-state index in [1.165, 1.54) is 12.1 Å². The number of hydrogen-bond donors (Lipinski definition) is 1. The molecule has 0 saturated heterocycles. The molecule has 8 heteroatoms. The zero-order chi connectivity index (χ0) is 17.3. The molecule has 0 aliphatic heterocycles. The maximum atomic E-state index is 14.1. The fraction of sp³-hybridized carbons (Fsp3) is 0.125. The minimum atomic E-state index is -2.86. The van der Waals surface area contributed by atoms with E-state index in [0.29, 0.717) is 16.6 Å². The molecule has 0 bridgehead atoms. The summed E-state index contributed by atoms with van der Waals surface area (Å²) in [6.07, 6.45) is -2.86. The lowest BCUT2D eigenvalue weighted by molar-refractivity contribution is 0.146. The van der Waals surface area contributed by atoms with Crippen LogP contribution in [0.2, 0.25) is 5.15 Å². The number of hydrogen-bond acceptors (Lipinski definition) is 3. The standard InChI is InChI=1S/C16H10BrClF3N3/c17-9-4-5-10-12(6-9)16(24-23-14(10)18)22-7-8-2-1-3-11(13(8)19)15(20)21/h1-6,15H,7H2,(H,22,24). The summed E-state index contributed by atoms with van der Waals surface area (Å²) in [4.78, 5) is 0. The van der Waals surface area contributed by atoms with E-state index in [9.17, 15) is 13.2 Å². The minimum absolute atomic E-state index is 0.00960. The summed E-state index contributed by atoms with van der Waals surface area (Å²) in [5, 5.41) is 12.3. The van der Waals surface area contributed by atoms with Crippen LogP contribution < -0.4 is 5.32 Å². The molecule has 2 aromatic carbocycles. The molecule has 0 unspecified atom stereocenters. The maximum absolute atomic E-state index is 14.1. The van der Waals surface area contributed by atoms with E-state index in [1.807, 2.05) is 6.07 Å². The summed E-state index contributed by atoms with van der Waals surface area (Å²) in [6, 6.07) is 9.28. The maximum Gasteiger partial charge on any atom is 0.266 e. The molecule has 0 aliphatic carbocycles. The van der Waals surface area contributed by atoms with Gasteiger partial charge in [0.15, 0.2) is 11.0 Å². The summed E-state index contributed by atoms with van der Waals surface area (Å²) in [6.45, 7) is -0.00960. The Labute approximate surface area is 149 Å². The second-order valence-corrected chi connectivity index (χ2v) is 6.28. The number of alkyl halides is 2. The van der Waals surface area contributed by atoms with Gasteiger partial charge in [0, 0.05) is 27.4 Å². The van der Waals surface area contributed by atoms with Gasteiger partial charge in [-0.25, -0.2) is 13.2 Å². The number of nitrogens with one attached hydrogen (secondary N) is 1. The van der Waals surface area contributed by atoms with Crippen LogP contribution in [0.3, 0.4) is 0 Å². The van der Waals surface area contributed by atoms with Gasteiger partial charge in [0.2, 0.25) is 0 Å². The number of nitrogens with zero attached hydrogens (tertiary/aromatic N) is 2. The molecule has 1 aromatic heterocycles. The summed E-state index contributed by atoms with van der Waals surface area (Å²) in [5.41, 5.74) is -0.503. The van der Waals surface area contributed by atoms with Crippen molar-refractivity contribution in [3.8, 4) is 0 Å². The fourth-order valence-corrected chi connectivity index (χ4v) is 2.87. The molecular weight excluding hydrogens is 407 g/mol. The van der Waals surface area contributed by atoms with Crippen molar-refractivity contribution in [1.82, 2.24) is 10.2 Å². The van der Waals surface area contributed by atoms with Crippen molar-refractivity contribution in [2.75, 3.05) is 5.32 Å². The Balaban J connectivity index is 1.93. The summed E-state index contributed by atoms with van der Waals surface area (Å²) in [7, 11) is 0. The molecule has 1 heterocycles. The lowest BCUT2D eigenvalue weighted by Crippen LogP contribution is -2.06. The Hall–Kier alpha value is -1.86. The predicted molar refractivity (Wildman–Crippen MR) is 90.9 cm³/mol. The lowest BCUT2D eigenvalue weighted by Gasteiger charge is -2.11. The Morgan fingerprint density at radius 2 is 1.92 bits per heavy atom. The Kier molecular flexibility index (Phi) is 4.91. The van der Waals surface area contributed by atoms with Crippen LogP contribution in [0.15, 0.2) is 40.9 Å². The van der Waals surface area contributed by atoms with E-state index in [0.717, 1.165) is 10.5 Å². The number of anilines is 1. The molecule has 0 fully saturated rings. The first kappa shape index (κ1) is 17.0. The molecule has 1 N–H and O–H groups in total. The molecule has 24 heavy (non-hydrogen) atoms. The van der Waals surface area contributed by atoms with Crippen molar-refractivity contribution in [2.45, 2.75) is 13.0 Å². The summed E-state index contributed by atoms with van der Waals surface area (Å²) in [5.74, 6) is -0.537. The van der Waals surface area contributed by atoms with Crippen LogP contribution in [-0.4, -0.2) is 10.2 Å². The highest BCUT2D eigenvalue weighted by molar-refractivity contribution is 9.10. The largest absolute Gasteiger partial charge is 0.364 e. The van der Waals surface area contributed by atoms with Crippen LogP contribution in [0.5, 0.6) is 0 Å². The normalized spacial score (nSPS) is 11.2. The lowest BCUT2D eigenvalue weighted by atomic mass is 10.1. The zero-order valence-electron chi connectivity index (χ0n) is 12.0. The van der Waals surface area contributed by atoms with Crippen LogP contribution in [0.25, 0.3) is 10.8 Å². The van der Waals surface area contributed by atoms with Gasteiger partial charge in [0.25, 0.3) is 6.43 Å². The average Bonchev–Trinajstić information content (AvgIpc) is 2.55. The summed E-state index contributed by atoms with van der Waals surface area (Å²) < 4.78 is 40.4. The number of rotatable bonds is 4. The number of fused-ring (bicyclic) bond motifs is 1. The predicted octanol–water partition coefficient (Wildman–Crippen LogP) is 5.73. The van der Waals surface area contributed by atoms with Crippen molar-refractivity contribution < 1.29 is 13.2 Å². The van der Waals surface area contributed by atoms with Crippen molar-refractivity contribution in [2.24, 2.45) is 0 Å². The highest BCUT2D eigenvalue weighted by atomic mass is 79.9. The fourth-order valence-electron chi connectivity index (χ4n) is 2.31. The number of aromatic nitrogens is 2. The van der Waals surface area contributed by atoms with Crippen LogP contribution in [0.4, 0.5) is 19.0 Å². The molecule has 3 aromatic rings. The Morgan fingerprint density at radius 3 is 2.67 bits per heavy atom. The molecule has 0 spiro atoms. The third-order valence-corrected chi connectivity index (χ3v) is 4.26. The first-order valence-electron chi connectivity index (χ1n) is 6.88. The van der Waals surface area contributed by atoms with Gasteiger partial charge in [-0.1, -0.05) is 45.7 Å². The van der Waals surface area contributed by atoms with E-state index < -0.39 is 17.8 Å². The third-order valence-electron chi connectivity index (χ3n) is 3.49. The molecule has 0 aliphatic rings. The summed E-state index contributed by atoms with van der Waals surface area (Å²) >= 11 is 9.38. The first-order valence-corrected chi connectivity index (χ1v) is 8.05. The smallest absolute Gasteiger partial charge is 0.266 e. The van der Waals surface area contributed by atoms with Gasteiger partial charge in [-0.2, -0.15) is 0 Å². The molecule has 3 nitrogen and oxygen atoms in total. The molecular formula is C16H10BrClF3N3. The van der Waals surface area contributed by atoms with Gasteiger partial charge in [0.1, 0.15) is 5.82 Å². The van der Waals surface area contributed by atoms with Gasteiger partial charge in [-0.3, -0.25) is 0 Å². The number of halogens is 5. The highest BCUT2D eigenvalue weighted by Gasteiger charge is 2.16. The molecule has 0 radical (unpaired) electrons. The topological polar surface area (TPSA) is 37.8 Å². The van der Waals surface area contributed by atoms with Crippen LogP contribution in [-0.2, 0) is 6.54 Å². The third kappa shape index (κ3) is 3.32. The Bertz CT molecular complexity index is 905. The minimum Gasteiger partial charge on any atom is -0.364 e. The SMILES string of the molecule is Fc1c(CNc2nnc(Cl)c3ccc(Br)cc23)cccc1C(F)F. The van der Waals surface area contributed by atoms with E-state index in [4.69, 9.17) is 11.6 Å². The van der Waals surface area contributed by atoms with Crippen LogP contribution in [0.1, 0.15) is 17.6 Å². The molecule has 0 amide bonds. The van der Waals surface area contributed by atoms with Crippen LogP contribution >= 0.6 is 27.5 Å². The second-order valence-electron chi connectivity index (χ2n) is 5.00.